The first-order valence-electron chi connectivity index (χ1n) is 7.56. The van der Waals surface area contributed by atoms with Gasteiger partial charge in [0, 0.05) is 24.7 Å². The number of hydrogen-bond acceptors (Lipinski definition) is 4. The van der Waals surface area contributed by atoms with Gasteiger partial charge in [0.1, 0.15) is 5.82 Å². The minimum Gasteiger partial charge on any atom is -0.349 e. The Morgan fingerprint density at radius 2 is 1.75 bits per heavy atom. The molecular weight excluding hydrogens is 321 g/mol. The maximum atomic E-state index is 13.0. The number of carbonyl (C=O) groups excluding carboxylic acids is 2. The Balaban J connectivity index is 2.42. The van der Waals surface area contributed by atoms with Crippen LogP contribution in [-0.4, -0.2) is 29.6 Å². The number of nitrogens with zero attached hydrogens (tertiary/aromatic N) is 2. The third kappa shape index (κ3) is 3.49. The second kappa shape index (κ2) is 6.37. The molecule has 1 atom stereocenters. The molecule has 0 saturated carbocycles. The number of aromatic nitrogens is 1. The van der Waals surface area contributed by atoms with Crippen LogP contribution >= 0.6 is 0 Å². The lowest BCUT2D eigenvalue weighted by atomic mass is 10.0. The number of carbonyl (C=O) groups is 2. The van der Waals surface area contributed by atoms with E-state index in [1.54, 1.807) is 13.8 Å². The van der Waals surface area contributed by atoms with Crippen LogP contribution < -0.4 is 4.90 Å². The Morgan fingerprint density at radius 1 is 1.12 bits per heavy atom. The molecule has 0 bridgehead atoms. The van der Waals surface area contributed by atoms with Crippen molar-refractivity contribution >= 4 is 17.4 Å². The summed E-state index contributed by atoms with van der Waals surface area (Å²) in [5, 5.41) is 0. The summed E-state index contributed by atoms with van der Waals surface area (Å²) in [5.41, 5.74) is 0.187. The van der Waals surface area contributed by atoms with E-state index in [0.717, 1.165) is 12.1 Å². The van der Waals surface area contributed by atoms with E-state index in [-0.39, 0.29) is 35.9 Å². The summed E-state index contributed by atoms with van der Waals surface area (Å²) in [6.45, 7) is 4.65. The van der Waals surface area contributed by atoms with Crippen LogP contribution in [0.4, 0.5) is 19.0 Å². The minimum atomic E-state index is -4.49. The van der Waals surface area contributed by atoms with Crippen molar-refractivity contribution in [2.75, 3.05) is 11.9 Å². The number of pyridine rings is 1. The molecule has 0 spiro atoms. The van der Waals surface area contributed by atoms with Gasteiger partial charge in [-0.05, 0) is 44.9 Å². The Labute approximate surface area is 138 Å². The van der Waals surface area contributed by atoms with E-state index in [2.05, 4.69) is 4.98 Å². The monoisotopic (exact) mass is 340 g/mol. The van der Waals surface area contributed by atoms with Crippen LogP contribution in [0.5, 0.6) is 0 Å². The van der Waals surface area contributed by atoms with Crippen LogP contribution in [0.25, 0.3) is 0 Å². The molecule has 4 nitrogen and oxygen atoms in total. The zero-order valence-electron chi connectivity index (χ0n) is 14.0. The zero-order valence-corrected chi connectivity index (χ0v) is 14.0. The molecule has 0 radical (unpaired) electrons. The predicted octanol–water partition coefficient (Wildman–Crippen LogP) is 3.48. The van der Waals surface area contributed by atoms with Crippen LogP contribution in [-0.2, 0) is 15.8 Å². The second-order valence-electron chi connectivity index (χ2n) is 6.06. The normalized spacial score (nSPS) is 19.5. The summed E-state index contributed by atoms with van der Waals surface area (Å²) in [6.07, 6.45) is -4.05. The fraction of sp³-hybridized carbons (Fsp3) is 0.471. The highest BCUT2D eigenvalue weighted by Crippen LogP contribution is 2.32. The number of alkyl halides is 3. The highest BCUT2D eigenvalue weighted by molar-refractivity contribution is 6.10. The van der Waals surface area contributed by atoms with E-state index >= 15 is 0 Å². The average molecular weight is 340 g/mol. The summed E-state index contributed by atoms with van der Waals surface area (Å²) in [6, 6.07) is 1.19. The summed E-state index contributed by atoms with van der Waals surface area (Å²) < 4.78 is 39.0. The molecule has 0 aromatic carbocycles. The zero-order chi connectivity index (χ0) is 18.2. The lowest BCUT2D eigenvalue weighted by Gasteiger charge is -2.28. The van der Waals surface area contributed by atoms with Crippen LogP contribution in [0.2, 0.25) is 0 Å². The molecule has 7 heteroatoms. The molecule has 0 N–H and O–H groups in total. The molecule has 0 fully saturated rings. The van der Waals surface area contributed by atoms with Gasteiger partial charge >= 0.3 is 6.18 Å². The van der Waals surface area contributed by atoms with Crippen LogP contribution in [0.3, 0.4) is 0 Å². The van der Waals surface area contributed by atoms with Crippen molar-refractivity contribution in [3.05, 3.63) is 34.5 Å². The molecule has 1 aliphatic rings. The topological polar surface area (TPSA) is 50.3 Å². The standard InChI is InChI=1S/C17H19F3N2O2/c1-9-7-12(17(18,19)20)8-15(21-9)22(4)13-5-6-14(23)10(2)11(3)16(13)24/h7-8,13H,5-6H2,1-4H3. The van der Waals surface area contributed by atoms with Gasteiger partial charge in [0.25, 0.3) is 0 Å². The summed E-state index contributed by atoms with van der Waals surface area (Å²) in [5.74, 6) is -0.289. The van der Waals surface area contributed by atoms with Gasteiger partial charge in [0.05, 0.1) is 11.6 Å². The van der Waals surface area contributed by atoms with Gasteiger partial charge in [0.2, 0.25) is 0 Å². The maximum Gasteiger partial charge on any atom is 0.416 e. The number of aryl methyl sites for hydroxylation is 1. The number of allylic oxidation sites excluding steroid dienone is 1. The number of Topliss-reactive ketones (excluding diaryl/α,β-unsaturated/α-hetero) is 2. The van der Waals surface area contributed by atoms with Gasteiger partial charge in [-0.3, -0.25) is 9.59 Å². The molecule has 1 aromatic heterocycles. The van der Waals surface area contributed by atoms with E-state index in [9.17, 15) is 22.8 Å². The largest absolute Gasteiger partial charge is 0.416 e. The van der Waals surface area contributed by atoms with Crippen LogP contribution in [0.1, 0.15) is 37.9 Å². The van der Waals surface area contributed by atoms with Crippen molar-refractivity contribution in [1.29, 1.82) is 0 Å². The first kappa shape index (κ1) is 18.2. The molecule has 0 saturated heterocycles. The Kier molecular flexibility index (Phi) is 4.82. The quantitative estimate of drug-likeness (QED) is 0.827. The Bertz CT molecular complexity index is 723. The fourth-order valence-corrected chi connectivity index (χ4v) is 2.75. The molecule has 1 unspecified atom stereocenters. The van der Waals surface area contributed by atoms with Crippen molar-refractivity contribution in [2.24, 2.45) is 0 Å². The Morgan fingerprint density at radius 3 is 2.33 bits per heavy atom. The van der Waals surface area contributed by atoms with E-state index in [1.807, 2.05) is 0 Å². The van der Waals surface area contributed by atoms with Crippen molar-refractivity contribution in [1.82, 2.24) is 4.98 Å². The fourth-order valence-electron chi connectivity index (χ4n) is 2.75. The van der Waals surface area contributed by atoms with E-state index in [1.165, 1.54) is 18.9 Å². The van der Waals surface area contributed by atoms with E-state index in [0.29, 0.717) is 11.1 Å². The highest BCUT2D eigenvalue weighted by Gasteiger charge is 2.34. The maximum absolute atomic E-state index is 13.0. The molecule has 1 heterocycles. The third-order valence-corrected chi connectivity index (χ3v) is 4.39. The summed E-state index contributed by atoms with van der Waals surface area (Å²) in [4.78, 5) is 30.1. The average Bonchev–Trinajstić information content (AvgIpc) is 2.59. The second-order valence-corrected chi connectivity index (χ2v) is 6.06. The molecule has 0 amide bonds. The molecule has 0 aliphatic heterocycles. The first-order valence-corrected chi connectivity index (χ1v) is 7.56. The number of anilines is 1. The van der Waals surface area contributed by atoms with Gasteiger partial charge in [-0.2, -0.15) is 13.2 Å². The van der Waals surface area contributed by atoms with E-state index in [4.69, 9.17) is 0 Å². The molecule has 1 aliphatic carbocycles. The van der Waals surface area contributed by atoms with Crippen LogP contribution in [0, 0.1) is 6.92 Å². The van der Waals surface area contributed by atoms with Crippen molar-refractivity contribution in [3.8, 4) is 0 Å². The molecule has 24 heavy (non-hydrogen) atoms. The smallest absolute Gasteiger partial charge is 0.349 e. The minimum absolute atomic E-state index is 0.0699. The molecular formula is C17H19F3N2O2. The Hall–Kier alpha value is -2.18. The predicted molar refractivity (Wildman–Crippen MR) is 83.8 cm³/mol. The SMILES string of the molecule is CC1=C(C)C(=O)C(N(C)c2cc(C(F)(F)F)cc(C)n2)CCC1=O. The third-order valence-electron chi connectivity index (χ3n) is 4.39. The lowest BCUT2D eigenvalue weighted by Crippen LogP contribution is -2.39. The number of halogens is 3. The van der Waals surface area contributed by atoms with Crippen LogP contribution in [0.15, 0.2) is 23.3 Å². The van der Waals surface area contributed by atoms with Gasteiger partial charge in [-0.25, -0.2) is 4.98 Å². The summed E-state index contributed by atoms with van der Waals surface area (Å²) in [7, 11) is 1.53. The number of hydrogen-bond donors (Lipinski definition) is 0. The van der Waals surface area contributed by atoms with Gasteiger partial charge < -0.3 is 4.90 Å². The highest BCUT2D eigenvalue weighted by atomic mass is 19.4. The summed E-state index contributed by atoms with van der Waals surface area (Å²) >= 11 is 0. The van der Waals surface area contributed by atoms with Gasteiger partial charge in [-0.15, -0.1) is 0 Å². The molecule has 130 valence electrons. The van der Waals surface area contributed by atoms with Gasteiger partial charge in [0.15, 0.2) is 11.6 Å². The van der Waals surface area contributed by atoms with Gasteiger partial charge in [-0.1, -0.05) is 0 Å². The molecule has 2 rings (SSSR count). The van der Waals surface area contributed by atoms with Crippen molar-refractivity contribution < 1.29 is 22.8 Å². The lowest BCUT2D eigenvalue weighted by molar-refractivity contribution is -0.137. The molecule has 1 aromatic rings. The first-order chi connectivity index (χ1) is 11.0. The number of rotatable bonds is 2. The number of ketones is 2. The van der Waals surface area contributed by atoms with E-state index < -0.39 is 17.8 Å². The number of likely N-dealkylation sites (N-methyl/N-ethyl adjacent to an activating group) is 1. The van der Waals surface area contributed by atoms with Crippen molar-refractivity contribution in [2.45, 2.75) is 45.8 Å². The van der Waals surface area contributed by atoms with Crippen molar-refractivity contribution in [3.63, 3.8) is 0 Å².